The normalized spacial score (nSPS) is 22.8. The highest BCUT2D eigenvalue weighted by Gasteiger charge is 2.50. The lowest BCUT2D eigenvalue weighted by Gasteiger charge is -2.47. The number of likely N-dealkylation sites (tertiary alicyclic amines) is 1. The topological polar surface area (TPSA) is 62.7 Å². The highest BCUT2D eigenvalue weighted by molar-refractivity contribution is 7.09. The second-order valence-corrected chi connectivity index (χ2v) is 5.91. The van der Waals surface area contributed by atoms with Gasteiger partial charge in [-0.1, -0.05) is 12.1 Å². The molecule has 3 rings (SSSR count). The summed E-state index contributed by atoms with van der Waals surface area (Å²) in [5, 5.41) is 9.96. The number of hydrogen-bond acceptors (Lipinski definition) is 5. The van der Waals surface area contributed by atoms with E-state index in [0.717, 1.165) is 16.2 Å². The molecule has 1 saturated heterocycles. The lowest BCUT2D eigenvalue weighted by atomic mass is 9.92. The van der Waals surface area contributed by atoms with Crippen LogP contribution >= 0.6 is 11.3 Å². The molecule has 6 heteroatoms. The molecular weight excluding hydrogens is 288 g/mol. The largest absolute Gasteiger partial charge is 0.497 e. The molecule has 0 saturated carbocycles. The number of thiazole rings is 1. The van der Waals surface area contributed by atoms with E-state index in [0.29, 0.717) is 0 Å². The minimum Gasteiger partial charge on any atom is -0.497 e. The van der Waals surface area contributed by atoms with E-state index in [2.05, 4.69) is 4.98 Å². The smallest absolute Gasteiger partial charge is 0.255 e. The van der Waals surface area contributed by atoms with E-state index in [1.54, 1.807) is 23.7 Å². The number of benzene rings is 1. The van der Waals surface area contributed by atoms with Gasteiger partial charge in [0, 0.05) is 6.20 Å². The molecule has 0 bridgehead atoms. The van der Waals surface area contributed by atoms with Crippen LogP contribution in [0.4, 0.5) is 0 Å². The summed E-state index contributed by atoms with van der Waals surface area (Å²) in [4.78, 5) is 18.7. The lowest BCUT2D eigenvalue weighted by Crippen LogP contribution is -2.59. The number of nitrogens with zero attached hydrogens (tertiary/aromatic N) is 2. The molecule has 1 aliphatic rings. The Hall–Kier alpha value is -1.92. The molecule has 0 spiro atoms. The van der Waals surface area contributed by atoms with Crippen LogP contribution in [-0.2, 0) is 4.79 Å². The Morgan fingerprint density at radius 2 is 2.10 bits per heavy atom. The monoisotopic (exact) mass is 304 g/mol. The van der Waals surface area contributed by atoms with E-state index < -0.39 is 6.10 Å². The fraction of sp³-hybridized carbons (Fsp3) is 0.333. The zero-order valence-electron chi connectivity index (χ0n) is 11.8. The van der Waals surface area contributed by atoms with Crippen molar-refractivity contribution in [2.75, 3.05) is 7.11 Å². The summed E-state index contributed by atoms with van der Waals surface area (Å²) < 4.78 is 5.14. The summed E-state index contributed by atoms with van der Waals surface area (Å²) >= 11 is 1.45. The van der Waals surface area contributed by atoms with E-state index >= 15 is 0 Å². The fourth-order valence-corrected chi connectivity index (χ4v) is 3.38. The molecule has 1 fully saturated rings. The van der Waals surface area contributed by atoms with Crippen molar-refractivity contribution in [3.05, 3.63) is 46.4 Å². The third-order valence-corrected chi connectivity index (χ3v) is 4.71. The van der Waals surface area contributed by atoms with Crippen LogP contribution in [0.25, 0.3) is 0 Å². The second-order valence-electron chi connectivity index (χ2n) is 4.99. The summed E-state index contributed by atoms with van der Waals surface area (Å²) in [6.07, 6.45) is 0.741. The second kappa shape index (κ2) is 5.46. The van der Waals surface area contributed by atoms with Gasteiger partial charge in [-0.05, 0) is 24.6 Å². The molecule has 1 amide bonds. The highest BCUT2D eigenvalue weighted by Crippen LogP contribution is 2.42. The Morgan fingerprint density at radius 3 is 2.67 bits per heavy atom. The Labute approximate surface area is 126 Å². The third-order valence-electron chi connectivity index (χ3n) is 3.86. The first-order chi connectivity index (χ1) is 10.1. The highest BCUT2D eigenvalue weighted by atomic mass is 32.1. The van der Waals surface area contributed by atoms with Crippen LogP contribution in [0.15, 0.2) is 36.0 Å². The number of hydrogen-bond donors (Lipinski definition) is 1. The van der Waals surface area contributed by atoms with Crippen LogP contribution in [0.1, 0.15) is 29.4 Å². The quantitative estimate of drug-likeness (QED) is 0.879. The zero-order valence-corrected chi connectivity index (χ0v) is 12.6. The van der Waals surface area contributed by atoms with E-state index in [1.165, 1.54) is 11.3 Å². The van der Waals surface area contributed by atoms with Gasteiger partial charge in [-0.2, -0.15) is 0 Å². The molecule has 5 nitrogen and oxygen atoms in total. The molecule has 110 valence electrons. The molecule has 1 aromatic carbocycles. The van der Waals surface area contributed by atoms with E-state index in [-0.39, 0.29) is 18.0 Å². The van der Waals surface area contributed by atoms with E-state index in [1.807, 2.05) is 31.2 Å². The third kappa shape index (κ3) is 2.30. The summed E-state index contributed by atoms with van der Waals surface area (Å²) in [5.74, 6) is 0.539. The zero-order chi connectivity index (χ0) is 15.0. The number of aliphatic hydroxyl groups is 1. The van der Waals surface area contributed by atoms with Crippen molar-refractivity contribution in [2.45, 2.75) is 25.1 Å². The van der Waals surface area contributed by atoms with Gasteiger partial charge >= 0.3 is 0 Å². The number of rotatable bonds is 4. The van der Waals surface area contributed by atoms with Crippen molar-refractivity contribution in [3.63, 3.8) is 0 Å². The van der Waals surface area contributed by atoms with Crippen molar-refractivity contribution in [1.29, 1.82) is 0 Å². The summed E-state index contributed by atoms with van der Waals surface area (Å²) in [6, 6.07) is 7.19. The van der Waals surface area contributed by atoms with Gasteiger partial charge in [0.1, 0.15) is 11.8 Å². The molecule has 0 radical (unpaired) electrons. The van der Waals surface area contributed by atoms with E-state index in [9.17, 15) is 9.90 Å². The molecule has 2 heterocycles. The Kier molecular flexibility index (Phi) is 3.65. The maximum atomic E-state index is 12.0. The molecule has 21 heavy (non-hydrogen) atoms. The number of β-lactam (4-membered cyclic amide) rings is 1. The molecule has 1 N–H and O–H groups in total. The van der Waals surface area contributed by atoms with Crippen molar-refractivity contribution in [3.8, 4) is 5.75 Å². The Morgan fingerprint density at radius 1 is 1.38 bits per heavy atom. The van der Waals surface area contributed by atoms with Crippen molar-refractivity contribution in [2.24, 2.45) is 0 Å². The first kappa shape index (κ1) is 14.0. The van der Waals surface area contributed by atoms with Crippen molar-refractivity contribution in [1.82, 2.24) is 9.88 Å². The van der Waals surface area contributed by atoms with Crippen LogP contribution in [0, 0.1) is 0 Å². The van der Waals surface area contributed by atoms with Gasteiger partial charge in [0.15, 0.2) is 6.10 Å². The number of aliphatic hydroxyl groups excluding tert-OH is 1. The van der Waals surface area contributed by atoms with Crippen LogP contribution in [0.3, 0.4) is 0 Å². The molecule has 1 aliphatic heterocycles. The lowest BCUT2D eigenvalue weighted by molar-refractivity contribution is -0.172. The van der Waals surface area contributed by atoms with Gasteiger partial charge in [0.05, 0.1) is 23.5 Å². The maximum Gasteiger partial charge on any atom is 0.255 e. The number of ether oxygens (including phenoxy) is 1. The van der Waals surface area contributed by atoms with Crippen LogP contribution in [0.2, 0.25) is 0 Å². The van der Waals surface area contributed by atoms with Crippen molar-refractivity contribution >= 4 is 17.2 Å². The van der Waals surface area contributed by atoms with Crippen LogP contribution < -0.4 is 4.74 Å². The van der Waals surface area contributed by atoms with Crippen molar-refractivity contribution < 1.29 is 14.6 Å². The Balaban J connectivity index is 1.85. The molecular formula is C15H16N2O3S. The van der Waals surface area contributed by atoms with Gasteiger partial charge in [-0.15, -0.1) is 11.3 Å². The minimum absolute atomic E-state index is 0.112. The molecule has 0 aliphatic carbocycles. The number of carbonyl (C=O) groups is 1. The molecule has 3 atom stereocenters. The van der Waals surface area contributed by atoms with Gasteiger partial charge < -0.3 is 14.7 Å². The van der Waals surface area contributed by atoms with Crippen LogP contribution in [-0.4, -0.2) is 34.1 Å². The number of aromatic nitrogens is 1. The molecule has 1 aromatic heterocycles. The summed E-state index contributed by atoms with van der Waals surface area (Å²) in [7, 11) is 1.62. The van der Waals surface area contributed by atoms with Crippen LogP contribution in [0.5, 0.6) is 5.75 Å². The summed E-state index contributed by atoms with van der Waals surface area (Å²) in [5.41, 5.74) is 2.71. The molecule has 1 unspecified atom stereocenters. The number of methoxy groups -OCH3 is 1. The average molecular weight is 304 g/mol. The number of carbonyl (C=O) groups excluding carboxylic acids is 1. The van der Waals surface area contributed by atoms with Gasteiger partial charge in [-0.25, -0.2) is 0 Å². The fourth-order valence-electron chi connectivity index (χ4n) is 2.63. The molecule has 2 aromatic rings. The van der Waals surface area contributed by atoms with E-state index in [4.69, 9.17) is 4.74 Å². The first-order valence-corrected chi connectivity index (χ1v) is 7.54. The summed E-state index contributed by atoms with van der Waals surface area (Å²) in [6.45, 7) is 1.96. The minimum atomic E-state index is -0.967. The number of amides is 1. The SMILES string of the molecule is COc1ccc(C(C)N2C(=O)[C@H](O)[C@@H]2c2cncs2)cc1. The Bertz CT molecular complexity index is 627. The predicted molar refractivity (Wildman–Crippen MR) is 79.1 cm³/mol. The standard InChI is InChI=1S/C15H16N2O3S/c1-9(10-3-5-11(20-2)6-4-10)17-13(14(18)15(17)19)12-7-16-8-21-12/h3-9,13-14,18H,1-2H3/t9?,13-,14+/m0/s1. The van der Waals surface area contributed by atoms with Gasteiger partial charge in [0.25, 0.3) is 5.91 Å². The average Bonchev–Trinajstić information content (AvgIpc) is 3.04. The maximum absolute atomic E-state index is 12.0. The van der Waals surface area contributed by atoms with Gasteiger partial charge in [0.2, 0.25) is 0 Å². The predicted octanol–water partition coefficient (Wildman–Crippen LogP) is 2.16. The van der Waals surface area contributed by atoms with Gasteiger partial charge in [-0.3, -0.25) is 9.78 Å². The first-order valence-electron chi connectivity index (χ1n) is 6.66.